The molecular formula is C38H45N2O5P. The van der Waals surface area contributed by atoms with E-state index in [0.29, 0.717) is 26.2 Å². The minimum atomic E-state index is -1.31. The Bertz CT molecular complexity index is 1450. The zero-order valence-electron chi connectivity index (χ0n) is 27.7. The molecule has 4 aromatic rings. The Balaban J connectivity index is 1.60. The van der Waals surface area contributed by atoms with Crippen LogP contribution in [0, 0.1) is 11.3 Å². The molecule has 0 saturated heterocycles. The highest BCUT2D eigenvalue weighted by Gasteiger charge is 2.38. The van der Waals surface area contributed by atoms with Gasteiger partial charge in [0, 0.05) is 12.1 Å². The van der Waals surface area contributed by atoms with Gasteiger partial charge in [-0.25, -0.2) is 4.67 Å². The lowest BCUT2D eigenvalue weighted by atomic mass is 9.80. The molecule has 0 aliphatic carbocycles. The molecule has 0 aliphatic rings. The summed E-state index contributed by atoms with van der Waals surface area (Å²) in [6.07, 6.45) is 0.332. The van der Waals surface area contributed by atoms with Crippen molar-refractivity contribution in [2.75, 3.05) is 20.8 Å². The summed E-state index contributed by atoms with van der Waals surface area (Å²) >= 11 is 0. The second-order valence-electron chi connectivity index (χ2n) is 11.4. The SMILES string of the molecule is COc1ccc(C(OCc2ccc(COP(OCCC#N)N(C(C)C)C(C)C)cc2)(c2ccccc2)c2ccc(OC)cc2)cc1. The minimum Gasteiger partial charge on any atom is -0.497 e. The molecule has 0 fully saturated rings. The summed E-state index contributed by atoms with van der Waals surface area (Å²) in [6, 6.07) is 37.3. The predicted octanol–water partition coefficient (Wildman–Crippen LogP) is 9.01. The van der Waals surface area contributed by atoms with E-state index in [9.17, 15) is 0 Å². The van der Waals surface area contributed by atoms with Crippen molar-refractivity contribution >= 4 is 8.53 Å². The van der Waals surface area contributed by atoms with Gasteiger partial charge >= 0.3 is 0 Å². The Morgan fingerprint density at radius 2 is 1.13 bits per heavy atom. The molecular weight excluding hydrogens is 595 g/mol. The van der Waals surface area contributed by atoms with Gasteiger partial charge in [0.2, 0.25) is 0 Å². The molecule has 1 atom stereocenters. The van der Waals surface area contributed by atoms with E-state index < -0.39 is 14.1 Å². The fourth-order valence-corrected chi connectivity index (χ4v) is 7.04. The lowest BCUT2D eigenvalue weighted by Crippen LogP contribution is -2.33. The second-order valence-corrected chi connectivity index (χ2v) is 12.9. The molecule has 4 rings (SSSR count). The van der Waals surface area contributed by atoms with Crippen LogP contribution in [0.3, 0.4) is 0 Å². The number of benzene rings is 4. The summed E-state index contributed by atoms with van der Waals surface area (Å²) in [6.45, 7) is 9.65. The molecule has 0 bridgehead atoms. The van der Waals surface area contributed by atoms with Gasteiger partial charge in [-0.1, -0.05) is 78.9 Å². The number of hydrogen-bond donors (Lipinski definition) is 0. The zero-order valence-corrected chi connectivity index (χ0v) is 28.6. The first kappa shape index (κ1) is 35.1. The monoisotopic (exact) mass is 640 g/mol. The van der Waals surface area contributed by atoms with Crippen LogP contribution in [0.2, 0.25) is 0 Å². The van der Waals surface area contributed by atoms with Gasteiger partial charge in [0.05, 0.1) is 46.5 Å². The van der Waals surface area contributed by atoms with Crippen LogP contribution >= 0.6 is 8.53 Å². The lowest BCUT2D eigenvalue weighted by Gasteiger charge is -2.36. The van der Waals surface area contributed by atoms with E-state index in [0.717, 1.165) is 39.3 Å². The van der Waals surface area contributed by atoms with E-state index in [1.54, 1.807) is 14.2 Å². The van der Waals surface area contributed by atoms with Crippen molar-refractivity contribution < 1.29 is 23.3 Å². The van der Waals surface area contributed by atoms with Gasteiger partial charge < -0.3 is 23.3 Å². The fraction of sp³-hybridized carbons (Fsp3) is 0.342. The van der Waals surface area contributed by atoms with Crippen molar-refractivity contribution in [3.05, 3.63) is 131 Å². The maximum Gasteiger partial charge on any atom is 0.259 e. The number of ether oxygens (including phenoxy) is 3. The van der Waals surface area contributed by atoms with E-state index in [1.807, 2.05) is 42.5 Å². The van der Waals surface area contributed by atoms with Crippen LogP contribution in [0.1, 0.15) is 61.9 Å². The van der Waals surface area contributed by atoms with Crippen molar-refractivity contribution in [3.63, 3.8) is 0 Å². The van der Waals surface area contributed by atoms with Crippen molar-refractivity contribution in [2.45, 2.75) is 65.0 Å². The third-order valence-corrected chi connectivity index (χ3v) is 9.71. The van der Waals surface area contributed by atoms with Gasteiger partial charge in [-0.05, 0) is 79.8 Å². The Hall–Kier alpha value is -3.76. The Labute approximate surface area is 275 Å². The van der Waals surface area contributed by atoms with Crippen molar-refractivity contribution in [2.24, 2.45) is 0 Å². The average Bonchev–Trinajstić information content (AvgIpc) is 3.08. The highest BCUT2D eigenvalue weighted by atomic mass is 31.2. The first-order valence-electron chi connectivity index (χ1n) is 15.6. The molecule has 0 heterocycles. The summed E-state index contributed by atoms with van der Waals surface area (Å²) in [5, 5.41) is 9.00. The van der Waals surface area contributed by atoms with Crippen molar-refractivity contribution in [3.8, 4) is 17.6 Å². The number of nitrogens with zero attached hydrogens (tertiary/aromatic N) is 2. The molecule has 0 radical (unpaired) electrons. The van der Waals surface area contributed by atoms with E-state index in [-0.39, 0.29) is 12.1 Å². The molecule has 1 unspecified atom stereocenters. The van der Waals surface area contributed by atoms with Gasteiger partial charge in [0.1, 0.15) is 17.1 Å². The lowest BCUT2D eigenvalue weighted by molar-refractivity contribution is 0.000180. The van der Waals surface area contributed by atoms with Crippen LogP contribution in [0.25, 0.3) is 0 Å². The molecule has 0 saturated carbocycles. The zero-order chi connectivity index (χ0) is 32.9. The van der Waals surface area contributed by atoms with Gasteiger partial charge in [0.25, 0.3) is 8.53 Å². The molecule has 4 aromatic carbocycles. The molecule has 0 N–H and O–H groups in total. The topological polar surface area (TPSA) is 73.2 Å². The van der Waals surface area contributed by atoms with Crippen LogP contribution in [-0.2, 0) is 32.6 Å². The molecule has 0 amide bonds. The summed E-state index contributed by atoms with van der Waals surface area (Å²) in [4.78, 5) is 0. The van der Waals surface area contributed by atoms with Gasteiger partial charge in [-0.2, -0.15) is 5.26 Å². The molecule has 0 aliphatic heterocycles. The van der Waals surface area contributed by atoms with Crippen LogP contribution in [-0.4, -0.2) is 37.6 Å². The van der Waals surface area contributed by atoms with E-state index in [1.165, 1.54) is 0 Å². The molecule has 8 heteroatoms. The second kappa shape index (κ2) is 17.2. The number of methoxy groups -OCH3 is 2. The Morgan fingerprint density at radius 1 is 0.652 bits per heavy atom. The van der Waals surface area contributed by atoms with E-state index in [2.05, 4.69) is 99.1 Å². The highest BCUT2D eigenvalue weighted by Crippen LogP contribution is 2.47. The van der Waals surface area contributed by atoms with Gasteiger partial charge in [0.15, 0.2) is 0 Å². The first-order valence-corrected chi connectivity index (χ1v) is 16.7. The molecule has 46 heavy (non-hydrogen) atoms. The molecule has 0 spiro atoms. The minimum absolute atomic E-state index is 0.244. The Morgan fingerprint density at radius 3 is 1.59 bits per heavy atom. The third-order valence-electron chi connectivity index (χ3n) is 7.66. The standard InChI is InChI=1S/C38H45N2O5P/c1-29(2)40(30(3)4)46(44-26-10-25-39)45-28-32-15-13-31(14-16-32)27-43-38(33-11-8-7-9-12-33,34-17-21-36(41-5)22-18-34)35-19-23-37(42-6)24-20-35/h7-9,11-24,29-30H,10,26-28H2,1-6H3. The van der Waals surface area contributed by atoms with E-state index in [4.69, 9.17) is 28.5 Å². The Kier molecular flexibility index (Phi) is 13.2. The molecule has 242 valence electrons. The number of nitriles is 1. The highest BCUT2D eigenvalue weighted by molar-refractivity contribution is 7.44. The smallest absolute Gasteiger partial charge is 0.259 e. The van der Waals surface area contributed by atoms with Crippen LogP contribution in [0.15, 0.2) is 103 Å². The van der Waals surface area contributed by atoms with Crippen LogP contribution < -0.4 is 9.47 Å². The van der Waals surface area contributed by atoms with E-state index >= 15 is 0 Å². The average molecular weight is 641 g/mol. The molecule has 7 nitrogen and oxygen atoms in total. The summed E-state index contributed by atoms with van der Waals surface area (Å²) in [5.74, 6) is 1.56. The van der Waals surface area contributed by atoms with Gasteiger partial charge in [-0.15, -0.1) is 0 Å². The van der Waals surface area contributed by atoms with Crippen molar-refractivity contribution in [1.82, 2.24) is 4.67 Å². The normalized spacial score (nSPS) is 12.3. The van der Waals surface area contributed by atoms with Crippen molar-refractivity contribution in [1.29, 1.82) is 5.26 Å². The van der Waals surface area contributed by atoms with Gasteiger partial charge in [-0.3, -0.25) is 0 Å². The quantitative estimate of drug-likeness (QED) is 0.0648. The maximum atomic E-state index is 9.00. The largest absolute Gasteiger partial charge is 0.497 e. The fourth-order valence-electron chi connectivity index (χ4n) is 5.44. The maximum absolute atomic E-state index is 9.00. The van der Waals surface area contributed by atoms with Crippen LogP contribution in [0.5, 0.6) is 11.5 Å². The predicted molar refractivity (Wildman–Crippen MR) is 184 cm³/mol. The first-order chi connectivity index (χ1) is 22.3. The number of rotatable bonds is 17. The molecule has 0 aromatic heterocycles. The summed E-state index contributed by atoms with van der Waals surface area (Å²) < 4.78 is 32.6. The third kappa shape index (κ3) is 8.73. The van der Waals surface area contributed by atoms with Crippen LogP contribution in [0.4, 0.5) is 0 Å². The number of hydrogen-bond acceptors (Lipinski definition) is 7. The summed E-state index contributed by atoms with van der Waals surface area (Å²) in [7, 11) is 2.02. The summed E-state index contributed by atoms with van der Waals surface area (Å²) in [5.41, 5.74) is 4.16.